The summed E-state index contributed by atoms with van der Waals surface area (Å²) in [5.74, 6) is -10.5. The minimum atomic E-state index is -1.58. The first kappa shape index (κ1) is 77.5. The maximum Gasteiger partial charge on any atom is 0.326 e. The zero-order valence-electron chi connectivity index (χ0n) is 54.1. The maximum atomic E-state index is 14.6. The second-order valence-electron chi connectivity index (χ2n) is 24.4. The fraction of sp³-hybridized carbons (Fsp3) is 0.587. The summed E-state index contributed by atoms with van der Waals surface area (Å²) in [5.41, 5.74) is 36.2. The third-order valence-electron chi connectivity index (χ3n) is 15.1. The van der Waals surface area contributed by atoms with E-state index in [-0.39, 0.29) is 82.3 Å². The molecule has 29 heteroatoms. The molecule has 3 rings (SSSR count). The number of aliphatic imine (C=N–C) groups is 1. The number of carboxylic acid groups (broad SMARTS) is 1. The van der Waals surface area contributed by atoms with Crippen molar-refractivity contribution >= 4 is 81.9 Å². The maximum absolute atomic E-state index is 14.6. The Kier molecular flexibility index (Phi) is 33.9. The summed E-state index contributed by atoms with van der Waals surface area (Å²) < 4.78 is 0. The second-order valence-corrected chi connectivity index (χ2v) is 24.4. The van der Waals surface area contributed by atoms with E-state index in [1.807, 2.05) is 38.1 Å². The average Bonchev–Trinajstić information content (AvgIpc) is 1.71. The number of nitrogens with one attached hydrogen (secondary N) is 10. The Balaban J connectivity index is 1.94. The second kappa shape index (κ2) is 40.2. The molecule has 0 saturated carbocycles. The molecule has 0 bridgehead atoms. The third-order valence-corrected chi connectivity index (χ3v) is 15.1. The van der Waals surface area contributed by atoms with Gasteiger partial charge in [-0.15, -0.1) is 0 Å². The number of para-hydroxylation sites is 1. The van der Waals surface area contributed by atoms with E-state index in [0.717, 1.165) is 10.9 Å². The van der Waals surface area contributed by atoms with Crippen molar-refractivity contribution in [3.8, 4) is 0 Å². The zero-order valence-corrected chi connectivity index (χ0v) is 54.1. The average molecular weight is 1290 g/mol. The van der Waals surface area contributed by atoms with Gasteiger partial charge in [-0.05, 0) is 119 Å². The van der Waals surface area contributed by atoms with E-state index in [2.05, 4.69) is 57.8 Å². The van der Waals surface area contributed by atoms with Crippen LogP contribution in [0.2, 0.25) is 0 Å². The van der Waals surface area contributed by atoms with Crippen molar-refractivity contribution in [2.24, 2.45) is 57.1 Å². The van der Waals surface area contributed by atoms with Gasteiger partial charge in [-0.2, -0.15) is 0 Å². The molecule has 0 spiro atoms. The Bertz CT molecular complexity index is 2940. The molecule has 0 saturated heterocycles. The number of carbonyl (C=O) groups excluding carboxylic acids is 10. The molecule has 0 radical (unpaired) electrons. The number of H-pyrrole nitrogens is 1. The molecule has 0 unspecified atom stereocenters. The van der Waals surface area contributed by atoms with Crippen LogP contribution in [0.3, 0.4) is 0 Å². The van der Waals surface area contributed by atoms with Crippen molar-refractivity contribution in [2.75, 3.05) is 19.6 Å². The van der Waals surface area contributed by atoms with E-state index < -0.39 is 138 Å². The SMILES string of the molecule is CC(C)C[C@H](NC(=O)[C@H](CCCCN)NC(=O)[C@H](CC(C)C)NC(=O)[C@H](CCCN=C(N)N)NC(=O)[C@H](CCC(N)=O)NC(=O)[C@H](Cc1ccccc1)NC(=O)[C@@H](NC(=O)[C@H](C)NC(=O)[C@@H](N)CCCCN)C(C)C)C(=O)N[C@@H](Cc1c[nH]c2ccccc12)C(=O)O. The number of carboxylic acids is 1. The standard InChI is InChI=1S/C63H101N17O12/c1-35(2)30-47(58(87)74-44(23-14-16-28-65)55(84)77-48(31-36(3)4)59(88)79-50(62(91)92)33-40-34-71-43-22-12-11-20-41(40)43)76-56(85)45(24-17-29-70-63(68)69)73-57(86)46(25-26-51(67)81)75-60(89)49(32-39-18-9-8-10-19-39)78-61(90)52(37(5)6)80-53(82)38(7)72-54(83)42(66)21-13-15-27-64/h8-12,18-20,22,34-38,42,44-50,52,71H,13-17,21,23-33,64-66H2,1-7H3,(H2,67,81)(H,72,83)(H,73,86)(H,74,87)(H,75,89)(H,76,85)(H,77,84)(H,78,90)(H,79,88)(H,80,82)(H,91,92)(H4,68,69,70)/t38-,42-,44-,45-,46-,47-,48-,49-,50-,52-/m0/s1. The Hall–Kier alpha value is -8.70. The summed E-state index contributed by atoms with van der Waals surface area (Å²) in [6, 6.07) is 2.87. The third kappa shape index (κ3) is 27.8. The molecule has 10 atom stereocenters. The molecule has 23 N–H and O–H groups in total. The quantitative estimate of drug-likeness (QED) is 0.0185. The van der Waals surface area contributed by atoms with E-state index in [1.165, 1.54) is 6.92 Å². The van der Waals surface area contributed by atoms with Crippen molar-refractivity contribution in [3.63, 3.8) is 0 Å². The normalized spacial score (nSPS) is 14.6. The summed E-state index contributed by atoms with van der Waals surface area (Å²) >= 11 is 0. The van der Waals surface area contributed by atoms with Gasteiger partial charge in [0, 0.05) is 42.9 Å². The number of rotatable bonds is 43. The summed E-state index contributed by atoms with van der Waals surface area (Å²) in [7, 11) is 0. The van der Waals surface area contributed by atoms with E-state index in [1.54, 1.807) is 64.2 Å². The fourth-order valence-corrected chi connectivity index (χ4v) is 10.0. The molecular formula is C63H101N17O12. The van der Waals surface area contributed by atoms with Crippen molar-refractivity contribution in [1.82, 2.24) is 52.8 Å². The number of carbonyl (C=O) groups is 11. The number of aliphatic carboxylic acids is 1. The number of guanidine groups is 1. The number of primary amides is 1. The van der Waals surface area contributed by atoms with Crippen molar-refractivity contribution in [2.45, 2.75) is 199 Å². The topological polar surface area (TPSA) is 501 Å². The zero-order chi connectivity index (χ0) is 68.6. The van der Waals surface area contributed by atoms with Gasteiger partial charge in [0.25, 0.3) is 0 Å². The largest absolute Gasteiger partial charge is 0.480 e. The van der Waals surface area contributed by atoms with Gasteiger partial charge in [0.1, 0.15) is 54.4 Å². The summed E-state index contributed by atoms with van der Waals surface area (Å²) in [5, 5.41) is 35.0. The number of nitrogens with two attached hydrogens (primary N) is 6. The number of aromatic amines is 1. The van der Waals surface area contributed by atoms with Gasteiger partial charge < -0.3 is 92.3 Å². The lowest BCUT2D eigenvalue weighted by atomic mass is 9.99. The van der Waals surface area contributed by atoms with Gasteiger partial charge in [-0.3, -0.25) is 52.9 Å². The number of hydrogen-bond acceptors (Lipinski definition) is 15. The van der Waals surface area contributed by atoms with Crippen LogP contribution in [-0.2, 0) is 65.6 Å². The molecule has 10 amide bonds. The van der Waals surface area contributed by atoms with Crippen LogP contribution < -0.4 is 82.3 Å². The minimum absolute atomic E-state index is 0.00770. The van der Waals surface area contributed by atoms with Gasteiger partial charge in [-0.25, -0.2) is 4.79 Å². The van der Waals surface area contributed by atoms with Crippen LogP contribution in [-0.4, -0.2) is 161 Å². The lowest BCUT2D eigenvalue weighted by Crippen LogP contribution is -2.61. The molecule has 29 nitrogen and oxygen atoms in total. The van der Waals surface area contributed by atoms with E-state index in [0.29, 0.717) is 49.8 Å². The predicted octanol–water partition coefficient (Wildman–Crippen LogP) is -0.927. The van der Waals surface area contributed by atoms with E-state index >= 15 is 0 Å². The minimum Gasteiger partial charge on any atom is -0.480 e. The first-order valence-corrected chi connectivity index (χ1v) is 31.6. The van der Waals surface area contributed by atoms with Crippen LogP contribution >= 0.6 is 0 Å². The van der Waals surface area contributed by atoms with Gasteiger partial charge in [0.15, 0.2) is 5.96 Å². The molecule has 3 aromatic rings. The van der Waals surface area contributed by atoms with Crippen LogP contribution in [0.1, 0.15) is 137 Å². The fourth-order valence-electron chi connectivity index (χ4n) is 10.0. The summed E-state index contributed by atoms with van der Waals surface area (Å²) in [6.45, 7) is 12.6. The number of unbranched alkanes of at least 4 members (excludes halogenated alkanes) is 2. The highest BCUT2D eigenvalue weighted by Crippen LogP contribution is 2.20. The van der Waals surface area contributed by atoms with Crippen LogP contribution in [0.15, 0.2) is 65.8 Å². The lowest BCUT2D eigenvalue weighted by Gasteiger charge is -2.29. The van der Waals surface area contributed by atoms with Gasteiger partial charge in [-0.1, -0.05) is 96.5 Å². The first-order valence-electron chi connectivity index (χ1n) is 31.6. The number of amides is 10. The Morgan fingerprint density at radius 2 is 0.957 bits per heavy atom. The molecule has 1 aromatic heterocycles. The number of nitrogens with zero attached hydrogens (tertiary/aromatic N) is 1. The van der Waals surface area contributed by atoms with Crippen molar-refractivity contribution < 1.29 is 57.8 Å². The molecule has 2 aromatic carbocycles. The highest BCUT2D eigenvalue weighted by Gasteiger charge is 2.37. The van der Waals surface area contributed by atoms with Crippen molar-refractivity contribution in [3.05, 3.63) is 71.9 Å². The molecule has 510 valence electrons. The molecular weight excluding hydrogens is 1190 g/mol. The van der Waals surface area contributed by atoms with Gasteiger partial charge in [0.05, 0.1) is 6.04 Å². The Morgan fingerprint density at radius 1 is 0.489 bits per heavy atom. The van der Waals surface area contributed by atoms with Gasteiger partial charge >= 0.3 is 5.97 Å². The Morgan fingerprint density at radius 3 is 1.47 bits per heavy atom. The van der Waals surface area contributed by atoms with Crippen molar-refractivity contribution in [1.29, 1.82) is 0 Å². The highest BCUT2D eigenvalue weighted by atomic mass is 16.4. The van der Waals surface area contributed by atoms with Gasteiger partial charge in [0.2, 0.25) is 59.1 Å². The lowest BCUT2D eigenvalue weighted by molar-refractivity contribution is -0.142. The number of aromatic nitrogens is 1. The molecule has 0 aliphatic rings. The van der Waals surface area contributed by atoms with E-state index in [4.69, 9.17) is 34.4 Å². The monoisotopic (exact) mass is 1290 g/mol. The predicted molar refractivity (Wildman–Crippen MR) is 349 cm³/mol. The molecule has 0 aliphatic carbocycles. The Labute approximate surface area is 538 Å². The van der Waals surface area contributed by atoms with Crippen LogP contribution in [0.5, 0.6) is 0 Å². The summed E-state index contributed by atoms with van der Waals surface area (Å²) in [4.78, 5) is 159. The molecule has 0 fully saturated rings. The van der Waals surface area contributed by atoms with Crippen LogP contribution in [0.4, 0.5) is 0 Å². The smallest absolute Gasteiger partial charge is 0.326 e. The molecule has 1 heterocycles. The molecule has 92 heavy (non-hydrogen) atoms. The highest BCUT2D eigenvalue weighted by molar-refractivity contribution is 5.99. The van der Waals surface area contributed by atoms with Crippen LogP contribution in [0, 0.1) is 17.8 Å². The number of hydrogen-bond donors (Lipinski definition) is 17. The van der Waals surface area contributed by atoms with E-state index in [9.17, 15) is 57.8 Å². The number of benzene rings is 2. The molecule has 0 aliphatic heterocycles. The first-order chi connectivity index (χ1) is 43.5. The summed E-state index contributed by atoms with van der Waals surface area (Å²) in [6.07, 6.45) is 3.16. The van der Waals surface area contributed by atoms with Crippen LogP contribution in [0.25, 0.3) is 10.9 Å². The number of fused-ring (bicyclic) bond motifs is 1.